The normalized spacial score (nSPS) is 19.5. The van der Waals surface area contributed by atoms with Gasteiger partial charge in [-0.3, -0.25) is 0 Å². The van der Waals surface area contributed by atoms with E-state index in [4.69, 9.17) is 19.8 Å². The van der Waals surface area contributed by atoms with Gasteiger partial charge in [-0.2, -0.15) is 0 Å². The third-order valence-electron chi connectivity index (χ3n) is 7.43. The maximum Gasteiger partial charge on any atom is 0.410 e. The summed E-state index contributed by atoms with van der Waals surface area (Å²) in [5.74, 6) is 0. The average molecular weight is 681 g/mol. The molecule has 0 spiro atoms. The SMILES string of the molecule is CC(C)(C)OC(=O)N1CCCCC1c1ccc(S(N)(=O)=O)cc1.CC(C)(C)OC(=O)N1CCCCC1c1cccc(S(N)(=O)=O)c1. The van der Waals surface area contributed by atoms with Crippen molar-refractivity contribution in [1.82, 2.24) is 9.80 Å². The number of piperidine rings is 2. The second kappa shape index (κ2) is 14.7. The maximum atomic E-state index is 12.4. The summed E-state index contributed by atoms with van der Waals surface area (Å²) in [7, 11) is -7.47. The maximum absolute atomic E-state index is 12.4. The molecule has 2 fully saturated rings. The molecule has 4 N–H and O–H groups in total. The number of hydrogen-bond acceptors (Lipinski definition) is 8. The fraction of sp³-hybridized carbons (Fsp3) is 0.562. The van der Waals surface area contributed by atoms with Crippen LogP contribution in [-0.2, 0) is 29.5 Å². The van der Waals surface area contributed by atoms with Crippen LogP contribution in [0.4, 0.5) is 9.59 Å². The number of carbonyl (C=O) groups excluding carboxylic acids is 2. The molecule has 4 rings (SSSR count). The van der Waals surface area contributed by atoms with Gasteiger partial charge in [0, 0.05) is 13.1 Å². The van der Waals surface area contributed by atoms with Crippen molar-refractivity contribution in [3.63, 3.8) is 0 Å². The Kier molecular flexibility index (Phi) is 11.9. The van der Waals surface area contributed by atoms with Crippen LogP contribution >= 0.6 is 0 Å². The molecule has 0 aromatic heterocycles. The number of likely N-dealkylation sites (tertiary alicyclic amines) is 2. The summed E-state index contributed by atoms with van der Waals surface area (Å²) < 4.78 is 56.7. The molecule has 12 nitrogen and oxygen atoms in total. The molecule has 2 heterocycles. The Balaban J connectivity index is 0.000000250. The number of rotatable bonds is 4. The monoisotopic (exact) mass is 680 g/mol. The number of nitrogens with zero attached hydrogens (tertiary/aromatic N) is 2. The van der Waals surface area contributed by atoms with Crippen molar-refractivity contribution in [2.75, 3.05) is 13.1 Å². The molecular weight excluding hydrogens is 633 g/mol. The number of carbonyl (C=O) groups is 2. The fourth-order valence-electron chi connectivity index (χ4n) is 5.41. The summed E-state index contributed by atoms with van der Waals surface area (Å²) in [6.07, 6.45) is 4.72. The van der Waals surface area contributed by atoms with Crippen molar-refractivity contribution in [2.45, 2.75) is 113 Å². The van der Waals surface area contributed by atoms with Crippen molar-refractivity contribution >= 4 is 32.2 Å². The van der Waals surface area contributed by atoms with E-state index in [9.17, 15) is 26.4 Å². The van der Waals surface area contributed by atoms with Crippen LogP contribution in [0.1, 0.15) is 103 Å². The van der Waals surface area contributed by atoms with E-state index in [0.29, 0.717) is 13.1 Å². The zero-order valence-corrected chi connectivity index (χ0v) is 29.2. The Morgan fingerprint density at radius 2 is 1.09 bits per heavy atom. The largest absolute Gasteiger partial charge is 0.444 e. The Hall–Kier alpha value is -3.20. The lowest BCUT2D eigenvalue weighted by Gasteiger charge is -2.37. The van der Waals surface area contributed by atoms with Gasteiger partial charge in [-0.15, -0.1) is 0 Å². The van der Waals surface area contributed by atoms with E-state index in [1.54, 1.807) is 34.1 Å². The van der Waals surface area contributed by atoms with Gasteiger partial charge in [-0.05, 0) is 115 Å². The van der Waals surface area contributed by atoms with E-state index in [1.807, 2.05) is 47.6 Å². The molecule has 0 radical (unpaired) electrons. The molecular formula is C32H48N4O8S2. The summed E-state index contributed by atoms with van der Waals surface area (Å²) in [5.41, 5.74) is 0.544. The Morgan fingerprint density at radius 3 is 1.50 bits per heavy atom. The molecule has 0 aliphatic carbocycles. The van der Waals surface area contributed by atoms with Gasteiger partial charge in [0.2, 0.25) is 20.0 Å². The molecule has 2 aromatic carbocycles. The summed E-state index contributed by atoms with van der Waals surface area (Å²) in [6, 6.07) is 12.6. The first-order valence-electron chi connectivity index (χ1n) is 15.4. The minimum absolute atomic E-state index is 0.0599. The lowest BCUT2D eigenvalue weighted by molar-refractivity contribution is 0.00851. The van der Waals surface area contributed by atoms with Crippen LogP contribution in [0.2, 0.25) is 0 Å². The van der Waals surface area contributed by atoms with E-state index in [0.717, 1.165) is 49.7 Å². The first-order chi connectivity index (χ1) is 21.2. The molecule has 2 amide bonds. The fourth-order valence-corrected chi connectivity index (χ4v) is 6.50. The van der Waals surface area contributed by atoms with Crippen LogP contribution < -0.4 is 10.3 Å². The second-order valence-corrected chi connectivity index (χ2v) is 16.7. The van der Waals surface area contributed by atoms with E-state index in [2.05, 4.69) is 0 Å². The average Bonchev–Trinajstić information content (AvgIpc) is 2.95. The highest BCUT2D eigenvalue weighted by molar-refractivity contribution is 7.89. The molecule has 2 unspecified atom stereocenters. The van der Waals surface area contributed by atoms with E-state index >= 15 is 0 Å². The van der Waals surface area contributed by atoms with Gasteiger partial charge in [0.15, 0.2) is 0 Å². The molecule has 2 atom stereocenters. The topological polar surface area (TPSA) is 179 Å². The number of nitrogens with two attached hydrogens (primary N) is 2. The molecule has 2 saturated heterocycles. The first kappa shape index (κ1) is 37.3. The summed E-state index contributed by atoms with van der Waals surface area (Å²) >= 11 is 0. The Bertz CT molecular complexity index is 1580. The van der Waals surface area contributed by atoms with E-state index in [-0.39, 0.29) is 34.1 Å². The molecule has 14 heteroatoms. The van der Waals surface area contributed by atoms with Crippen molar-refractivity contribution in [2.24, 2.45) is 10.3 Å². The minimum atomic E-state index is -3.77. The van der Waals surface area contributed by atoms with Gasteiger partial charge >= 0.3 is 12.2 Å². The summed E-state index contributed by atoms with van der Waals surface area (Å²) in [5, 5.41) is 10.3. The van der Waals surface area contributed by atoms with Crippen LogP contribution in [0, 0.1) is 0 Å². The minimum Gasteiger partial charge on any atom is -0.444 e. The highest BCUT2D eigenvalue weighted by Gasteiger charge is 2.33. The number of sulfonamides is 2. The van der Waals surface area contributed by atoms with Gasteiger partial charge in [0.05, 0.1) is 21.9 Å². The number of benzene rings is 2. The number of ether oxygens (including phenoxy) is 2. The van der Waals surface area contributed by atoms with Crippen molar-refractivity contribution in [1.29, 1.82) is 0 Å². The lowest BCUT2D eigenvalue weighted by Crippen LogP contribution is -2.41. The highest BCUT2D eigenvalue weighted by Crippen LogP contribution is 2.34. The van der Waals surface area contributed by atoms with Gasteiger partial charge < -0.3 is 19.3 Å². The molecule has 2 aliphatic heterocycles. The number of primary sulfonamides is 2. The van der Waals surface area contributed by atoms with Crippen LogP contribution in [-0.4, -0.2) is 63.1 Å². The quantitative estimate of drug-likeness (QED) is 0.419. The highest BCUT2D eigenvalue weighted by atomic mass is 32.2. The van der Waals surface area contributed by atoms with Crippen molar-refractivity contribution in [3.05, 3.63) is 59.7 Å². The Labute approximate surface area is 273 Å². The zero-order chi connectivity index (χ0) is 34.5. The third-order valence-corrected chi connectivity index (χ3v) is 9.27. The van der Waals surface area contributed by atoms with Gasteiger partial charge in [-0.1, -0.05) is 24.3 Å². The third kappa shape index (κ3) is 11.0. The first-order valence-corrected chi connectivity index (χ1v) is 18.5. The van der Waals surface area contributed by atoms with Crippen molar-refractivity contribution < 1.29 is 35.9 Å². The zero-order valence-electron chi connectivity index (χ0n) is 27.6. The van der Waals surface area contributed by atoms with Crippen LogP contribution in [0.5, 0.6) is 0 Å². The molecule has 2 aromatic rings. The van der Waals surface area contributed by atoms with Crippen LogP contribution in [0.3, 0.4) is 0 Å². The summed E-state index contributed by atoms with van der Waals surface area (Å²) in [4.78, 5) is 28.4. The molecule has 2 aliphatic rings. The Morgan fingerprint density at radius 1 is 0.652 bits per heavy atom. The van der Waals surface area contributed by atoms with Gasteiger partial charge in [-0.25, -0.2) is 36.7 Å². The lowest BCUT2D eigenvalue weighted by atomic mass is 9.96. The van der Waals surface area contributed by atoms with Crippen LogP contribution in [0.25, 0.3) is 0 Å². The van der Waals surface area contributed by atoms with Gasteiger partial charge in [0.25, 0.3) is 0 Å². The molecule has 46 heavy (non-hydrogen) atoms. The molecule has 0 bridgehead atoms. The van der Waals surface area contributed by atoms with Crippen LogP contribution in [0.15, 0.2) is 58.3 Å². The van der Waals surface area contributed by atoms with E-state index in [1.165, 1.54) is 18.2 Å². The van der Waals surface area contributed by atoms with Gasteiger partial charge in [0.1, 0.15) is 11.2 Å². The van der Waals surface area contributed by atoms with Crippen molar-refractivity contribution in [3.8, 4) is 0 Å². The molecule has 0 saturated carbocycles. The standard InChI is InChI=1S/2C16H24N2O4S/c1-16(2,3)22-15(19)18-10-5-4-9-14(18)12-7-6-8-13(11-12)23(17,20)21;1-16(2,3)22-15(19)18-11-5-4-6-14(18)12-7-9-13(10-8-12)23(17,20)21/h6-8,11,14H,4-5,9-10H2,1-3H3,(H2,17,20,21);7-10,14H,4-6,11H2,1-3H3,(H2,17,20,21). The number of hydrogen-bond donors (Lipinski definition) is 2. The number of amides is 2. The molecule has 256 valence electrons. The second-order valence-electron chi connectivity index (χ2n) is 13.6. The smallest absolute Gasteiger partial charge is 0.410 e. The predicted molar refractivity (Wildman–Crippen MR) is 175 cm³/mol. The summed E-state index contributed by atoms with van der Waals surface area (Å²) in [6.45, 7) is 12.2. The predicted octanol–water partition coefficient (Wildman–Crippen LogP) is 5.59. The van der Waals surface area contributed by atoms with E-state index < -0.39 is 31.2 Å².